The van der Waals surface area contributed by atoms with E-state index in [4.69, 9.17) is 16.2 Å². The van der Waals surface area contributed by atoms with Crippen LogP contribution in [0, 0.1) is 0 Å². The normalized spacial score (nSPS) is 24.5. The Kier molecular flexibility index (Phi) is 39.7. The second-order valence-electron chi connectivity index (χ2n) is 34.2. The summed E-state index contributed by atoms with van der Waals surface area (Å²) in [5.41, 5.74) is 14.1. The molecule has 16 amide bonds. The summed E-state index contributed by atoms with van der Waals surface area (Å²) in [6.07, 6.45) is -0.686. The number of likely N-dealkylation sites (N-methyl/N-ethyl adjacent to an activating group) is 3. The molecule has 3 unspecified atom stereocenters. The van der Waals surface area contributed by atoms with Gasteiger partial charge in [-0.2, -0.15) is 0 Å². The van der Waals surface area contributed by atoms with E-state index in [0.717, 1.165) is 36.3 Å². The minimum atomic E-state index is -2.11. The highest BCUT2D eigenvalue weighted by atomic mass is 32.2. The zero-order valence-electron chi connectivity index (χ0n) is 77.3. The number of ether oxygens (including phenoxy) is 1. The maximum atomic E-state index is 15.8. The number of imidazole rings is 1. The van der Waals surface area contributed by atoms with Gasteiger partial charge in [0.25, 0.3) is 0 Å². The molecule has 3 aliphatic heterocycles. The van der Waals surface area contributed by atoms with Crippen LogP contribution in [0.15, 0.2) is 97.7 Å². The molecule has 6 aromatic rings. The van der Waals surface area contributed by atoms with Gasteiger partial charge in [0.2, 0.25) is 94.5 Å². The van der Waals surface area contributed by atoms with Gasteiger partial charge in [0.1, 0.15) is 90.3 Å². The van der Waals surface area contributed by atoms with Crippen LogP contribution in [0.4, 0.5) is 0 Å². The number of unbranched alkanes of at least 4 members (excludes halogenated alkanes) is 2. The molecule has 3 saturated heterocycles. The predicted molar refractivity (Wildman–Crippen MR) is 495 cm³/mol. The minimum absolute atomic E-state index is 0.00719. The molecule has 45 nitrogen and oxygen atoms in total. The zero-order chi connectivity index (χ0) is 100. The summed E-state index contributed by atoms with van der Waals surface area (Å²) >= 11 is 0.728. The van der Waals surface area contributed by atoms with Crippen LogP contribution >= 0.6 is 11.8 Å². The smallest absolute Gasteiger partial charge is 0.305 e. The highest BCUT2D eigenvalue weighted by Gasteiger charge is 2.47. The van der Waals surface area contributed by atoms with E-state index in [1.165, 1.54) is 53.9 Å². The summed E-state index contributed by atoms with van der Waals surface area (Å²) in [6.45, 7) is 3.22. The molecule has 3 aromatic heterocycles. The quantitative estimate of drug-likeness (QED) is 0.0247. The van der Waals surface area contributed by atoms with Crippen molar-refractivity contribution in [2.24, 2.45) is 11.5 Å². The van der Waals surface area contributed by atoms with Crippen molar-refractivity contribution in [3.63, 3.8) is 0 Å². The van der Waals surface area contributed by atoms with E-state index in [0.29, 0.717) is 57.1 Å². The molecule has 3 aliphatic rings. The lowest BCUT2D eigenvalue weighted by Crippen LogP contribution is -2.61. The number of amides is 16. The van der Waals surface area contributed by atoms with Crippen LogP contribution in [0.1, 0.15) is 139 Å². The first-order valence-corrected chi connectivity index (χ1v) is 46.5. The summed E-state index contributed by atoms with van der Waals surface area (Å²) in [6, 6.07) is -3.10. The number of methoxy groups -OCH3 is 1. The van der Waals surface area contributed by atoms with Crippen molar-refractivity contribution in [2.75, 3.05) is 65.9 Å². The molecule has 15 atom stereocenters. The number of thioether (sulfide) groups is 1. The first-order chi connectivity index (χ1) is 65.3. The number of hydrogen-bond donors (Lipinski definition) is 19. The van der Waals surface area contributed by atoms with Crippen LogP contribution in [0.5, 0.6) is 5.75 Å². The standard InChI is InChI=1S/C91H123N21O24S/c1-8-10-21-69-84(128)100-60(28-30-75(116)117)80(124)107-68(79(123)97-44-73(93)114)46-137-47-74(115)99-66(35-50-24-26-55(136-7)27-25-50)87(131)108(4)49(3)78(122)101-62(32-33-92)89(133)111-34-16-23-70(111)85(129)105-64(38-53-43-94-48-98-53)82(126)102-61(29-31-76(118)119)90(134)112-45-54(113)39-72(112)86(130)104-63(36-51-41-95-58-19-14-12-17-56(51)58)81(125)103-65(40-77(120)121)83(127)106-67(37-52-42-96-59-20-15-13-18-57(52)59)88(132)110(6)71(22-11-9-2)91(135)109(69)5/h12-15,17-20,24-27,41-43,48-49,54,60-72,95-96,113H,8-11,16,21-23,28-40,44-47,92H2,1-7H3,(H2,93,114)(H,94,98)(H,97,123)(H,99,115)(H,100,128)(H,101,122)(H,102,126)(H,103,125)(H,104,130)(H,105,129)(H,106,127)(H,107,124)(H,116,117)(H,118,119)(H,120,121)/t49-,54+,60?,61-,62-,63-,64?,65-,66?,67-,68-,69-,70-,71-,72-/m0/s1. The van der Waals surface area contributed by atoms with E-state index in [1.54, 1.807) is 92.8 Å². The van der Waals surface area contributed by atoms with Gasteiger partial charge in [-0.25, -0.2) is 4.98 Å². The molecule has 9 rings (SSSR count). The predicted octanol–water partition coefficient (Wildman–Crippen LogP) is -2.25. The number of aliphatic hydroxyl groups is 1. The lowest BCUT2D eigenvalue weighted by molar-refractivity contribution is -0.149. The number of aromatic amines is 3. The summed E-state index contributed by atoms with van der Waals surface area (Å²) in [5.74, 6) is -21.4. The van der Waals surface area contributed by atoms with Gasteiger partial charge in [0.15, 0.2) is 0 Å². The SMILES string of the molecule is CCCC[C@H]1C(=O)N(C)[C@@H](CCCC)C(=O)NC(CCC(=O)O)C(=O)N[C@H](C(=O)NCC(N)=O)CSCC(=O)NC(Cc2ccc(OC)cc2)C(=O)N(C)[C@@H](C)C(=O)N[C@@H](CCN)C(=O)N2CCC[C@H]2C(=O)NC(Cc2cnc[nH]2)C(=O)N[C@@H](CCC(=O)O)C(=O)N2C[C@H](O)C[C@H]2C(=O)N[C@@H](Cc2c[nH]c3ccccc23)C(=O)N[C@@H](CC(=O)O)C(=O)N[C@@H](Cc2c[nH]c3ccccc23)C(=O)N1C. The van der Waals surface area contributed by atoms with Crippen LogP contribution < -0.4 is 69.4 Å². The topological polar surface area (TPSA) is 663 Å². The molecular weight excluding hydrogens is 1800 g/mol. The van der Waals surface area contributed by atoms with Gasteiger partial charge < -0.3 is 129 Å². The average Bonchev–Trinajstić information content (AvgIpc) is 1.76. The number of carboxylic acids is 3. The molecule has 21 N–H and O–H groups in total. The Bertz CT molecular complexity index is 5320. The number of carbonyl (C=O) groups excluding carboxylic acids is 16. The van der Waals surface area contributed by atoms with E-state index in [-0.39, 0.29) is 83.0 Å². The Hall–Kier alpha value is -14.1. The molecule has 0 aliphatic carbocycles. The minimum Gasteiger partial charge on any atom is -0.497 e. The van der Waals surface area contributed by atoms with Crippen LogP contribution in [0.3, 0.4) is 0 Å². The molecule has 0 spiro atoms. The number of nitrogens with zero attached hydrogens (tertiary/aromatic N) is 6. The fourth-order valence-electron chi connectivity index (χ4n) is 16.7. The van der Waals surface area contributed by atoms with Crippen molar-refractivity contribution in [1.29, 1.82) is 0 Å². The number of aliphatic hydroxyl groups excluding tert-OH is 1. The lowest BCUT2D eigenvalue weighted by atomic mass is 9.99. The molecule has 3 aromatic carbocycles. The molecule has 742 valence electrons. The number of primary amides is 1. The second kappa shape index (κ2) is 51.0. The summed E-state index contributed by atoms with van der Waals surface area (Å²) < 4.78 is 5.34. The number of nitrogens with two attached hydrogens (primary N) is 2. The Balaban J connectivity index is 1.11. The van der Waals surface area contributed by atoms with Crippen molar-refractivity contribution >= 4 is 146 Å². The summed E-state index contributed by atoms with van der Waals surface area (Å²) in [7, 11) is 5.21. The number of benzene rings is 3. The largest absolute Gasteiger partial charge is 0.497 e. The van der Waals surface area contributed by atoms with Gasteiger partial charge >= 0.3 is 17.9 Å². The fraction of sp³-hybridized carbons (Fsp3) is 0.516. The Labute approximate surface area is 792 Å². The molecule has 3 fully saturated rings. The third-order valence-electron chi connectivity index (χ3n) is 24.4. The molecule has 0 bridgehead atoms. The summed E-state index contributed by atoms with van der Waals surface area (Å²) in [5, 5.41) is 69.0. The maximum Gasteiger partial charge on any atom is 0.305 e. The number of rotatable bonds is 28. The van der Waals surface area contributed by atoms with Crippen molar-refractivity contribution in [1.82, 2.24) is 97.6 Å². The molecule has 6 heterocycles. The monoisotopic (exact) mass is 1930 g/mol. The Morgan fingerprint density at radius 1 is 0.526 bits per heavy atom. The van der Waals surface area contributed by atoms with Crippen LogP contribution in [0.25, 0.3) is 21.8 Å². The van der Waals surface area contributed by atoms with Gasteiger partial charge in [-0.15, -0.1) is 11.8 Å². The number of hydrogen-bond acceptors (Lipinski definition) is 24. The number of aliphatic carboxylic acids is 3. The second-order valence-corrected chi connectivity index (χ2v) is 35.3. The van der Waals surface area contributed by atoms with Gasteiger partial charge in [-0.3, -0.25) is 91.1 Å². The number of fused-ring (bicyclic) bond motifs is 4. The van der Waals surface area contributed by atoms with Crippen LogP contribution in [-0.4, -0.2) is 334 Å². The van der Waals surface area contributed by atoms with E-state index < -0.39 is 273 Å². The third kappa shape index (κ3) is 29.7. The highest BCUT2D eigenvalue weighted by molar-refractivity contribution is 8.00. The average molecular weight is 1930 g/mol. The number of carboxylic acid groups (broad SMARTS) is 3. The number of H-pyrrole nitrogens is 3. The zero-order valence-corrected chi connectivity index (χ0v) is 78.1. The van der Waals surface area contributed by atoms with Crippen LogP contribution in [0.2, 0.25) is 0 Å². The maximum absolute atomic E-state index is 15.8. The van der Waals surface area contributed by atoms with Gasteiger partial charge in [0, 0.05) is 131 Å². The van der Waals surface area contributed by atoms with Gasteiger partial charge in [0.05, 0.1) is 38.3 Å². The third-order valence-corrected chi connectivity index (χ3v) is 25.4. The van der Waals surface area contributed by atoms with Crippen LogP contribution in [-0.2, 0) is 117 Å². The van der Waals surface area contributed by atoms with E-state index in [1.807, 2.05) is 0 Å². The van der Waals surface area contributed by atoms with Gasteiger partial charge in [-0.1, -0.05) is 88.1 Å². The van der Waals surface area contributed by atoms with Crippen molar-refractivity contribution in [2.45, 2.75) is 233 Å². The molecule has 0 saturated carbocycles. The van der Waals surface area contributed by atoms with Crippen molar-refractivity contribution in [3.8, 4) is 5.75 Å². The van der Waals surface area contributed by atoms with Crippen molar-refractivity contribution in [3.05, 3.63) is 120 Å². The number of carbonyl (C=O) groups is 19. The Morgan fingerprint density at radius 3 is 1.62 bits per heavy atom. The van der Waals surface area contributed by atoms with E-state index in [9.17, 15) is 73.2 Å². The fourth-order valence-corrected chi connectivity index (χ4v) is 17.6. The van der Waals surface area contributed by atoms with Gasteiger partial charge in [-0.05, 0) is 99.4 Å². The summed E-state index contributed by atoms with van der Waals surface area (Å²) in [4.78, 5) is 294. The number of aromatic nitrogens is 4. The molecular formula is C91H123N21O24S. The van der Waals surface area contributed by atoms with E-state index >= 15 is 38.4 Å². The molecule has 137 heavy (non-hydrogen) atoms. The molecule has 46 heteroatoms. The highest BCUT2D eigenvalue weighted by Crippen LogP contribution is 2.28. The van der Waals surface area contributed by atoms with E-state index in [2.05, 4.69) is 73.1 Å². The lowest BCUT2D eigenvalue weighted by Gasteiger charge is -2.36. The number of nitrogens with one attached hydrogen (secondary N) is 13. The van der Waals surface area contributed by atoms with Crippen molar-refractivity contribution < 1.29 is 116 Å². The number of para-hydroxylation sites is 2. The molecule has 0 radical (unpaired) electrons. The first kappa shape index (κ1) is 107. The Morgan fingerprint density at radius 2 is 1.04 bits per heavy atom. The first-order valence-electron chi connectivity index (χ1n) is 45.3.